The maximum absolute atomic E-state index is 5.04. The van der Waals surface area contributed by atoms with Crippen molar-refractivity contribution < 1.29 is 1.43 Å². The second-order valence-electron chi connectivity index (χ2n) is 18.4. The Morgan fingerprint density at radius 3 is 1.43 bits per heavy atom. The van der Waals surface area contributed by atoms with Crippen molar-refractivity contribution in [2.45, 2.75) is 44.9 Å². The lowest BCUT2D eigenvalue weighted by atomic mass is 9.69. The zero-order chi connectivity index (χ0) is 45.4. The molecule has 0 spiro atoms. The Kier molecular flexibility index (Phi) is 10.1. The van der Waals surface area contributed by atoms with Crippen LogP contribution in [-0.2, 0) is 17.3 Å². The number of para-hydroxylation sites is 2. The topological polar surface area (TPSA) is 54.8 Å². The number of anilines is 3. The van der Waals surface area contributed by atoms with Crippen LogP contribution in [0, 0.1) is 0 Å². The zero-order valence-electron chi connectivity index (χ0n) is 37.5. The van der Waals surface area contributed by atoms with Gasteiger partial charge in [-0.3, -0.25) is 0 Å². The van der Waals surface area contributed by atoms with Gasteiger partial charge in [0, 0.05) is 42.6 Å². The number of benzene rings is 8. The Morgan fingerprint density at radius 2 is 0.881 bits per heavy atom. The van der Waals surface area contributed by atoms with Crippen molar-refractivity contribution >= 4 is 119 Å². The van der Waals surface area contributed by atoms with Crippen molar-refractivity contribution in [2.24, 2.45) is 0 Å². The predicted molar refractivity (Wildman–Crippen MR) is 289 cm³/mol. The van der Waals surface area contributed by atoms with Crippen molar-refractivity contribution in [2.75, 3.05) is 4.90 Å². The molecular formula is C59H46BrN5S2. The smallest absolute Gasteiger partial charge is 0.143 e. The minimum Gasteiger partial charge on any atom is -0.310 e. The molecule has 0 atom stereocenters. The first kappa shape index (κ1) is 41.6. The highest BCUT2D eigenvalue weighted by Crippen LogP contribution is 2.52. The quantitative estimate of drug-likeness (QED) is 0.164. The maximum Gasteiger partial charge on any atom is 0.143 e. The third-order valence-electron chi connectivity index (χ3n) is 13.6. The number of rotatable bonds is 1. The van der Waals surface area contributed by atoms with Gasteiger partial charge in [0.25, 0.3) is 0 Å². The molecule has 0 radical (unpaired) electrons. The van der Waals surface area contributed by atoms with Crippen molar-refractivity contribution in [3.05, 3.63) is 220 Å². The average Bonchev–Trinajstić information content (AvgIpc) is 3.90. The van der Waals surface area contributed by atoms with Gasteiger partial charge in [0.15, 0.2) is 0 Å². The monoisotopic (exact) mass is 969 g/mol. The van der Waals surface area contributed by atoms with Crippen molar-refractivity contribution in [1.82, 2.24) is 19.9 Å². The van der Waals surface area contributed by atoms with E-state index in [2.05, 4.69) is 200 Å². The summed E-state index contributed by atoms with van der Waals surface area (Å²) in [6, 6.07) is 64.3. The molecule has 12 aromatic rings. The minimum absolute atomic E-state index is 0. The molecular weight excluding hydrogens is 923 g/mol. The Bertz CT molecular complexity index is 3820. The highest BCUT2D eigenvalue weighted by atomic mass is 79.9. The van der Waals surface area contributed by atoms with E-state index in [1.165, 1.54) is 64.9 Å². The molecule has 0 saturated carbocycles. The molecule has 2 aliphatic rings. The molecule has 5 nitrogen and oxygen atoms in total. The van der Waals surface area contributed by atoms with Gasteiger partial charge in [0.05, 0.1) is 33.4 Å². The minimum atomic E-state index is -0.0659. The maximum atomic E-state index is 5.04. The van der Waals surface area contributed by atoms with E-state index in [4.69, 9.17) is 19.9 Å². The van der Waals surface area contributed by atoms with E-state index in [0.29, 0.717) is 0 Å². The molecule has 8 heteroatoms. The molecule has 326 valence electrons. The van der Waals surface area contributed by atoms with Crippen LogP contribution in [0.4, 0.5) is 17.1 Å². The number of nitrogens with zero attached hydrogens (tertiary/aromatic N) is 5. The van der Waals surface area contributed by atoms with Gasteiger partial charge in [0.2, 0.25) is 0 Å². The number of hydrogen-bond acceptors (Lipinski definition) is 7. The summed E-state index contributed by atoms with van der Waals surface area (Å²) in [7, 11) is 0. The largest absolute Gasteiger partial charge is 0.310 e. The summed E-state index contributed by atoms with van der Waals surface area (Å²) in [5.74, 6) is 0. The fourth-order valence-corrected chi connectivity index (χ4v) is 12.6. The number of fused-ring (bicyclic) bond motifs is 12. The highest BCUT2D eigenvalue weighted by molar-refractivity contribution is 9.10. The second kappa shape index (κ2) is 16.2. The van der Waals surface area contributed by atoms with Gasteiger partial charge < -0.3 is 4.90 Å². The molecule has 0 saturated heterocycles. The standard InChI is InChI=1S/C29H21N3S.C16H16.C14H7BrN2S.H2/c1-29(2)20-10-4-6-12-24(20)32(25-13-7-5-11-21(25)29)18-15-16-22-23(17-18)31-28-27(30-22)19-9-3-8-14-26(19)33-28;1-16(2)14-9-5-3-7-12(14)11-13-8-4-6-10-15(13)16;15-8-5-6-10-11(7-8)17-14-13(16-10)9-3-1-2-4-12(9)18-14;/h3-17H,1-2H3;3-10H,11H2,1-2H3;1-7H;1H/i;;;1+2. The SMILES string of the molecule is Brc1ccc2nc3c(nc2c1)sc1ccccc13.CC1(C)c2ccccc2Cc2ccccc21.CC1(C)c2ccccc2N(c2ccc3nc4c(nc3c2)sc2ccccc24)c2ccccc21.[3HH]. The Balaban J connectivity index is 0.000000122. The highest BCUT2D eigenvalue weighted by Gasteiger charge is 2.36. The summed E-state index contributed by atoms with van der Waals surface area (Å²) in [6.45, 7) is 9.27. The number of hydrogen-bond donors (Lipinski definition) is 0. The van der Waals surface area contributed by atoms with Crippen LogP contribution < -0.4 is 4.90 Å². The molecule has 4 aromatic heterocycles. The van der Waals surface area contributed by atoms with Gasteiger partial charge in [0.1, 0.15) is 20.7 Å². The molecule has 8 aromatic carbocycles. The van der Waals surface area contributed by atoms with Gasteiger partial charge in [-0.2, -0.15) is 0 Å². The van der Waals surface area contributed by atoms with Crippen LogP contribution in [0.2, 0.25) is 0 Å². The van der Waals surface area contributed by atoms with Crippen LogP contribution in [0.25, 0.3) is 62.9 Å². The third kappa shape index (κ3) is 7.09. The van der Waals surface area contributed by atoms with E-state index in [1.54, 1.807) is 22.7 Å². The van der Waals surface area contributed by atoms with Crippen LogP contribution in [0.5, 0.6) is 0 Å². The van der Waals surface area contributed by atoms with Crippen LogP contribution in [-0.4, -0.2) is 19.9 Å². The van der Waals surface area contributed by atoms with E-state index in [9.17, 15) is 0 Å². The van der Waals surface area contributed by atoms with Crippen molar-refractivity contribution in [1.29, 1.82) is 0 Å². The van der Waals surface area contributed by atoms with Crippen molar-refractivity contribution in [3.8, 4) is 0 Å². The lowest BCUT2D eigenvalue weighted by molar-refractivity contribution is 0.610. The molecule has 0 amide bonds. The summed E-state index contributed by atoms with van der Waals surface area (Å²) in [5.41, 5.74) is 17.9. The lowest BCUT2D eigenvalue weighted by Crippen LogP contribution is -2.30. The lowest BCUT2D eigenvalue weighted by Gasteiger charge is -2.42. The van der Waals surface area contributed by atoms with E-state index in [-0.39, 0.29) is 12.3 Å². The van der Waals surface area contributed by atoms with Crippen LogP contribution in [0.3, 0.4) is 0 Å². The van der Waals surface area contributed by atoms with E-state index < -0.39 is 0 Å². The summed E-state index contributed by atoms with van der Waals surface area (Å²) in [6.07, 6.45) is 1.08. The zero-order valence-corrected chi connectivity index (χ0v) is 40.7. The predicted octanol–water partition coefficient (Wildman–Crippen LogP) is 17.0. The second-order valence-corrected chi connectivity index (χ2v) is 21.3. The molecule has 0 unspecified atom stereocenters. The molecule has 67 heavy (non-hydrogen) atoms. The Labute approximate surface area is 407 Å². The fraction of sp³-hybridized carbons (Fsp3) is 0.119. The molecule has 0 bridgehead atoms. The molecule has 1 aliphatic heterocycles. The third-order valence-corrected chi connectivity index (χ3v) is 16.2. The van der Waals surface area contributed by atoms with Gasteiger partial charge in [-0.05, 0) is 100 Å². The molecule has 0 N–H and O–H groups in total. The summed E-state index contributed by atoms with van der Waals surface area (Å²) in [5, 5.41) is 2.37. The van der Waals surface area contributed by atoms with Gasteiger partial charge in [-0.25, -0.2) is 19.9 Å². The van der Waals surface area contributed by atoms with Crippen molar-refractivity contribution in [3.63, 3.8) is 0 Å². The molecule has 1 aliphatic carbocycles. The Morgan fingerprint density at radius 1 is 0.448 bits per heavy atom. The van der Waals surface area contributed by atoms with E-state index >= 15 is 0 Å². The Hall–Kier alpha value is -6.84. The average molecular weight is 971 g/mol. The number of aromatic nitrogens is 4. The number of thiophene rings is 2. The van der Waals surface area contributed by atoms with Crippen LogP contribution in [0.15, 0.2) is 186 Å². The van der Waals surface area contributed by atoms with Crippen LogP contribution in [0.1, 0.15) is 62.5 Å². The van der Waals surface area contributed by atoms with Gasteiger partial charge in [-0.1, -0.05) is 165 Å². The van der Waals surface area contributed by atoms with E-state index in [0.717, 1.165) is 59.3 Å². The first-order valence-corrected chi connectivity index (χ1v) is 25.0. The van der Waals surface area contributed by atoms with Gasteiger partial charge in [-0.15, -0.1) is 22.7 Å². The first-order chi connectivity index (χ1) is 32.6. The number of halogens is 1. The molecule has 5 heterocycles. The van der Waals surface area contributed by atoms with E-state index in [1.807, 2.05) is 30.3 Å². The van der Waals surface area contributed by atoms with Crippen LogP contribution >= 0.6 is 38.6 Å². The molecule has 14 rings (SSSR count). The normalized spacial score (nSPS) is 14.2. The fourth-order valence-electron chi connectivity index (χ4n) is 10.2. The summed E-state index contributed by atoms with van der Waals surface area (Å²) in [4.78, 5) is 23.8. The molecule has 0 fully saturated rings. The first-order valence-electron chi connectivity index (χ1n) is 22.6. The summed E-state index contributed by atoms with van der Waals surface area (Å²) >= 11 is 6.87. The summed E-state index contributed by atoms with van der Waals surface area (Å²) < 4.78 is 3.50. The van der Waals surface area contributed by atoms with Gasteiger partial charge >= 0.3 is 0 Å².